The van der Waals surface area contributed by atoms with E-state index in [2.05, 4.69) is 46.4 Å². The second kappa shape index (κ2) is 6.99. The minimum atomic E-state index is 0.414. The van der Waals surface area contributed by atoms with Crippen LogP contribution < -0.4 is 5.32 Å². The van der Waals surface area contributed by atoms with Gasteiger partial charge in [0.1, 0.15) is 0 Å². The van der Waals surface area contributed by atoms with Gasteiger partial charge in [0.25, 0.3) is 0 Å². The predicted molar refractivity (Wildman–Crippen MR) is 67.2 cm³/mol. The Morgan fingerprint density at radius 1 is 1.40 bits per heavy atom. The second-order valence-corrected chi connectivity index (χ2v) is 4.51. The van der Waals surface area contributed by atoms with Crippen LogP contribution in [-0.4, -0.2) is 26.3 Å². The molecular formula is C12H18BrNO. The summed E-state index contributed by atoms with van der Waals surface area (Å²) in [6.45, 7) is 3.87. The van der Waals surface area contributed by atoms with Crippen LogP contribution in [-0.2, 0) is 11.2 Å². The molecule has 84 valence electrons. The van der Waals surface area contributed by atoms with E-state index in [9.17, 15) is 0 Å². The lowest BCUT2D eigenvalue weighted by atomic mass is 10.1. The quantitative estimate of drug-likeness (QED) is 0.859. The molecule has 2 nitrogen and oxygen atoms in total. The van der Waals surface area contributed by atoms with Gasteiger partial charge in [-0.05, 0) is 31.5 Å². The highest BCUT2D eigenvalue weighted by molar-refractivity contribution is 9.10. The third-order valence-electron chi connectivity index (χ3n) is 2.26. The molecule has 0 aliphatic rings. The van der Waals surface area contributed by atoms with Gasteiger partial charge < -0.3 is 10.1 Å². The molecule has 0 saturated carbocycles. The molecule has 3 heteroatoms. The molecule has 0 aliphatic carbocycles. The number of hydrogen-bond donors (Lipinski definition) is 1. The molecule has 1 aromatic carbocycles. The Kier molecular flexibility index (Phi) is 5.91. The summed E-state index contributed by atoms with van der Waals surface area (Å²) < 4.78 is 6.24. The van der Waals surface area contributed by atoms with Crippen molar-refractivity contribution in [1.82, 2.24) is 5.32 Å². The van der Waals surface area contributed by atoms with Crippen LogP contribution in [0.3, 0.4) is 0 Å². The van der Waals surface area contributed by atoms with E-state index >= 15 is 0 Å². The van der Waals surface area contributed by atoms with Gasteiger partial charge in [0, 0.05) is 17.6 Å². The maximum Gasteiger partial charge on any atom is 0.0613 e. The van der Waals surface area contributed by atoms with Crippen molar-refractivity contribution in [3.05, 3.63) is 34.3 Å². The standard InChI is InChI=1S/C12H18BrNO/c1-10(9-15-2)14-8-7-11-5-3-4-6-12(11)13/h3-6,10,14H,7-9H2,1-2H3. The normalized spacial score (nSPS) is 12.7. The summed E-state index contributed by atoms with van der Waals surface area (Å²) in [4.78, 5) is 0. The monoisotopic (exact) mass is 271 g/mol. The molecule has 1 N–H and O–H groups in total. The minimum Gasteiger partial charge on any atom is -0.383 e. The first kappa shape index (κ1) is 12.7. The lowest BCUT2D eigenvalue weighted by Gasteiger charge is -2.12. The summed E-state index contributed by atoms with van der Waals surface area (Å²) in [5.74, 6) is 0. The zero-order valence-corrected chi connectivity index (χ0v) is 10.9. The molecule has 0 amide bonds. The summed E-state index contributed by atoms with van der Waals surface area (Å²) in [6.07, 6.45) is 1.04. The lowest BCUT2D eigenvalue weighted by Crippen LogP contribution is -2.31. The van der Waals surface area contributed by atoms with Crippen LogP contribution in [0.5, 0.6) is 0 Å². The van der Waals surface area contributed by atoms with Gasteiger partial charge in [-0.3, -0.25) is 0 Å². The van der Waals surface area contributed by atoms with E-state index in [0.29, 0.717) is 6.04 Å². The number of rotatable bonds is 6. The largest absolute Gasteiger partial charge is 0.383 e. The van der Waals surface area contributed by atoms with Gasteiger partial charge in [0.2, 0.25) is 0 Å². The highest BCUT2D eigenvalue weighted by Crippen LogP contribution is 2.15. The molecule has 0 aromatic heterocycles. The number of ether oxygens (including phenoxy) is 1. The lowest BCUT2D eigenvalue weighted by molar-refractivity contribution is 0.172. The fraction of sp³-hybridized carbons (Fsp3) is 0.500. The smallest absolute Gasteiger partial charge is 0.0613 e. The fourth-order valence-electron chi connectivity index (χ4n) is 1.46. The first-order chi connectivity index (χ1) is 7.24. The minimum absolute atomic E-state index is 0.414. The Morgan fingerprint density at radius 2 is 2.13 bits per heavy atom. The Bertz CT molecular complexity index is 291. The zero-order valence-electron chi connectivity index (χ0n) is 9.29. The van der Waals surface area contributed by atoms with Crippen LogP contribution in [0.1, 0.15) is 12.5 Å². The number of nitrogens with one attached hydrogen (secondary N) is 1. The van der Waals surface area contributed by atoms with E-state index in [1.807, 2.05) is 6.07 Å². The van der Waals surface area contributed by atoms with Crippen molar-refractivity contribution in [2.75, 3.05) is 20.3 Å². The van der Waals surface area contributed by atoms with Crippen LogP contribution >= 0.6 is 15.9 Å². The van der Waals surface area contributed by atoms with Crippen molar-refractivity contribution in [3.63, 3.8) is 0 Å². The SMILES string of the molecule is COCC(C)NCCc1ccccc1Br. The van der Waals surface area contributed by atoms with E-state index in [-0.39, 0.29) is 0 Å². The molecule has 0 radical (unpaired) electrons. The summed E-state index contributed by atoms with van der Waals surface area (Å²) in [5, 5.41) is 3.41. The highest BCUT2D eigenvalue weighted by atomic mass is 79.9. The third kappa shape index (κ3) is 4.78. The molecule has 0 saturated heterocycles. The van der Waals surface area contributed by atoms with E-state index in [1.54, 1.807) is 7.11 Å². The fourth-order valence-corrected chi connectivity index (χ4v) is 1.95. The molecule has 1 atom stereocenters. The average Bonchev–Trinajstić information content (AvgIpc) is 2.21. The molecule has 0 bridgehead atoms. The first-order valence-electron chi connectivity index (χ1n) is 5.19. The Balaban J connectivity index is 2.29. The van der Waals surface area contributed by atoms with Crippen LogP contribution in [0.15, 0.2) is 28.7 Å². The molecule has 15 heavy (non-hydrogen) atoms. The topological polar surface area (TPSA) is 21.3 Å². The van der Waals surface area contributed by atoms with Crippen molar-refractivity contribution < 1.29 is 4.74 Å². The van der Waals surface area contributed by atoms with Crippen LogP contribution in [0.2, 0.25) is 0 Å². The maximum absolute atomic E-state index is 5.06. The van der Waals surface area contributed by atoms with Crippen molar-refractivity contribution in [3.8, 4) is 0 Å². The van der Waals surface area contributed by atoms with Gasteiger partial charge >= 0.3 is 0 Å². The number of benzene rings is 1. The van der Waals surface area contributed by atoms with Gasteiger partial charge in [0.05, 0.1) is 6.61 Å². The molecule has 0 aliphatic heterocycles. The molecule has 1 aromatic rings. The van der Waals surface area contributed by atoms with Crippen molar-refractivity contribution in [1.29, 1.82) is 0 Å². The Morgan fingerprint density at radius 3 is 2.80 bits per heavy atom. The summed E-state index contributed by atoms with van der Waals surface area (Å²) >= 11 is 3.54. The maximum atomic E-state index is 5.06. The molecule has 1 rings (SSSR count). The van der Waals surface area contributed by atoms with Gasteiger partial charge in [-0.2, -0.15) is 0 Å². The van der Waals surface area contributed by atoms with Crippen molar-refractivity contribution in [2.45, 2.75) is 19.4 Å². The number of hydrogen-bond acceptors (Lipinski definition) is 2. The average molecular weight is 272 g/mol. The molecule has 0 spiro atoms. The van der Waals surface area contributed by atoms with E-state index in [4.69, 9.17) is 4.74 Å². The Hall–Kier alpha value is -0.380. The predicted octanol–water partition coefficient (Wildman–Crippen LogP) is 2.62. The summed E-state index contributed by atoms with van der Waals surface area (Å²) in [6, 6.07) is 8.74. The van der Waals surface area contributed by atoms with Gasteiger partial charge in [-0.25, -0.2) is 0 Å². The van der Waals surface area contributed by atoms with Gasteiger partial charge in [-0.1, -0.05) is 34.1 Å². The van der Waals surface area contributed by atoms with Crippen molar-refractivity contribution >= 4 is 15.9 Å². The molecule has 0 heterocycles. The molecule has 0 fully saturated rings. The second-order valence-electron chi connectivity index (χ2n) is 3.65. The molecular weight excluding hydrogens is 254 g/mol. The van der Waals surface area contributed by atoms with Crippen LogP contribution in [0.4, 0.5) is 0 Å². The third-order valence-corrected chi connectivity index (χ3v) is 3.04. The Labute approximate surface area is 100 Å². The van der Waals surface area contributed by atoms with E-state index in [1.165, 1.54) is 10.0 Å². The van der Waals surface area contributed by atoms with Gasteiger partial charge in [-0.15, -0.1) is 0 Å². The van der Waals surface area contributed by atoms with Crippen LogP contribution in [0, 0.1) is 0 Å². The highest BCUT2D eigenvalue weighted by Gasteiger charge is 2.01. The van der Waals surface area contributed by atoms with E-state index in [0.717, 1.165) is 19.6 Å². The molecule has 1 unspecified atom stereocenters. The van der Waals surface area contributed by atoms with E-state index < -0.39 is 0 Å². The summed E-state index contributed by atoms with van der Waals surface area (Å²) in [7, 11) is 1.73. The number of methoxy groups -OCH3 is 1. The first-order valence-corrected chi connectivity index (χ1v) is 5.99. The van der Waals surface area contributed by atoms with Crippen LogP contribution in [0.25, 0.3) is 0 Å². The summed E-state index contributed by atoms with van der Waals surface area (Å²) in [5.41, 5.74) is 1.34. The van der Waals surface area contributed by atoms with Gasteiger partial charge in [0.15, 0.2) is 0 Å². The van der Waals surface area contributed by atoms with Crippen molar-refractivity contribution in [2.24, 2.45) is 0 Å². The zero-order chi connectivity index (χ0) is 11.1. The number of halogens is 1.